The molecule has 0 saturated heterocycles. The van der Waals surface area contributed by atoms with Gasteiger partial charge in [0.1, 0.15) is 5.75 Å². The van der Waals surface area contributed by atoms with E-state index in [1.165, 1.54) is 4.90 Å². The van der Waals surface area contributed by atoms with Crippen LogP contribution in [0.25, 0.3) is 0 Å². The average Bonchev–Trinajstić information content (AvgIpc) is 3.31. The van der Waals surface area contributed by atoms with Crippen molar-refractivity contribution in [2.45, 2.75) is 26.4 Å². The van der Waals surface area contributed by atoms with Crippen LogP contribution in [0.5, 0.6) is 17.2 Å². The van der Waals surface area contributed by atoms with Crippen molar-refractivity contribution in [2.75, 3.05) is 13.9 Å². The van der Waals surface area contributed by atoms with E-state index in [2.05, 4.69) is 0 Å². The van der Waals surface area contributed by atoms with Crippen LogP contribution in [0.1, 0.15) is 31.0 Å². The third-order valence-electron chi connectivity index (χ3n) is 5.29. The predicted octanol–water partition coefficient (Wildman–Crippen LogP) is 3.54. The monoisotopic (exact) mass is 409 g/mol. The third kappa shape index (κ3) is 3.36. The molecule has 156 valence electrons. The zero-order chi connectivity index (χ0) is 21.4. The average molecular weight is 409 g/mol. The van der Waals surface area contributed by atoms with Crippen molar-refractivity contribution in [3.8, 4) is 17.2 Å². The molecule has 0 aliphatic carbocycles. The maximum Gasteiger partial charge on any atom is 0.290 e. The molecule has 1 atom stereocenters. The first-order valence-corrected chi connectivity index (χ1v) is 9.71. The SMILES string of the molecule is COc1cccc(C2C(C(=O)C(C)C)=C(O)C(=O)N2Cc2ccc3c(c2)OCO3)c1. The van der Waals surface area contributed by atoms with Gasteiger partial charge in [0.2, 0.25) is 6.79 Å². The van der Waals surface area contributed by atoms with Crippen molar-refractivity contribution in [3.63, 3.8) is 0 Å². The van der Waals surface area contributed by atoms with Gasteiger partial charge in [0.05, 0.1) is 18.7 Å². The summed E-state index contributed by atoms with van der Waals surface area (Å²) in [5.41, 5.74) is 1.60. The maximum atomic E-state index is 13.0. The summed E-state index contributed by atoms with van der Waals surface area (Å²) < 4.78 is 16.1. The van der Waals surface area contributed by atoms with Gasteiger partial charge in [-0.2, -0.15) is 0 Å². The van der Waals surface area contributed by atoms with Crippen LogP contribution in [-0.4, -0.2) is 35.6 Å². The van der Waals surface area contributed by atoms with Crippen LogP contribution in [0, 0.1) is 5.92 Å². The second-order valence-corrected chi connectivity index (χ2v) is 7.58. The minimum Gasteiger partial charge on any atom is -0.503 e. The summed E-state index contributed by atoms with van der Waals surface area (Å²) in [5.74, 6) is 0.146. The second-order valence-electron chi connectivity index (χ2n) is 7.58. The first kappa shape index (κ1) is 19.8. The molecular weight excluding hydrogens is 386 g/mol. The van der Waals surface area contributed by atoms with Gasteiger partial charge >= 0.3 is 0 Å². The van der Waals surface area contributed by atoms with Crippen LogP contribution in [0.3, 0.4) is 0 Å². The number of aliphatic hydroxyl groups is 1. The van der Waals surface area contributed by atoms with E-state index in [0.29, 0.717) is 22.8 Å². The predicted molar refractivity (Wildman–Crippen MR) is 108 cm³/mol. The fourth-order valence-electron chi connectivity index (χ4n) is 3.77. The number of ether oxygens (including phenoxy) is 3. The summed E-state index contributed by atoms with van der Waals surface area (Å²) in [5, 5.41) is 10.6. The first-order valence-electron chi connectivity index (χ1n) is 9.71. The molecule has 0 bridgehead atoms. The van der Waals surface area contributed by atoms with E-state index < -0.39 is 17.7 Å². The van der Waals surface area contributed by atoms with Crippen molar-refractivity contribution in [1.82, 2.24) is 4.90 Å². The highest BCUT2D eigenvalue weighted by atomic mass is 16.7. The summed E-state index contributed by atoms with van der Waals surface area (Å²) in [6.45, 7) is 3.84. The quantitative estimate of drug-likeness (QED) is 0.786. The van der Waals surface area contributed by atoms with E-state index >= 15 is 0 Å². The Morgan fingerprint density at radius 2 is 1.97 bits per heavy atom. The van der Waals surface area contributed by atoms with E-state index in [9.17, 15) is 14.7 Å². The Balaban J connectivity index is 1.76. The maximum absolute atomic E-state index is 13.0. The molecule has 0 saturated carbocycles. The molecule has 7 heteroatoms. The number of amides is 1. The van der Waals surface area contributed by atoms with Crippen molar-refractivity contribution in [3.05, 3.63) is 64.9 Å². The van der Waals surface area contributed by atoms with Crippen molar-refractivity contribution >= 4 is 11.7 Å². The molecule has 1 amide bonds. The lowest BCUT2D eigenvalue weighted by atomic mass is 9.91. The van der Waals surface area contributed by atoms with Crippen LogP contribution >= 0.6 is 0 Å². The lowest BCUT2D eigenvalue weighted by Crippen LogP contribution is -2.31. The Morgan fingerprint density at radius 3 is 2.70 bits per heavy atom. The van der Waals surface area contributed by atoms with Crippen LogP contribution in [0.2, 0.25) is 0 Å². The molecule has 0 spiro atoms. The minimum absolute atomic E-state index is 0.115. The molecule has 7 nitrogen and oxygen atoms in total. The number of hydrogen-bond donors (Lipinski definition) is 1. The summed E-state index contributed by atoms with van der Waals surface area (Å²) in [6.07, 6.45) is 0. The summed E-state index contributed by atoms with van der Waals surface area (Å²) >= 11 is 0. The summed E-state index contributed by atoms with van der Waals surface area (Å²) in [4.78, 5) is 27.4. The fraction of sp³-hybridized carbons (Fsp3) is 0.304. The molecule has 2 aliphatic rings. The van der Waals surface area contributed by atoms with Crippen LogP contribution in [0.15, 0.2) is 53.8 Å². The van der Waals surface area contributed by atoms with Gasteiger partial charge in [-0.3, -0.25) is 9.59 Å². The molecule has 4 rings (SSSR count). The molecule has 1 N–H and O–H groups in total. The number of fused-ring (bicyclic) bond motifs is 1. The van der Waals surface area contributed by atoms with E-state index in [-0.39, 0.29) is 30.6 Å². The Bertz CT molecular complexity index is 1040. The fourth-order valence-corrected chi connectivity index (χ4v) is 3.77. The summed E-state index contributed by atoms with van der Waals surface area (Å²) in [7, 11) is 1.55. The van der Waals surface area contributed by atoms with Crippen molar-refractivity contribution in [2.24, 2.45) is 5.92 Å². The topological polar surface area (TPSA) is 85.3 Å². The third-order valence-corrected chi connectivity index (χ3v) is 5.29. The van der Waals surface area contributed by atoms with Crippen molar-refractivity contribution in [1.29, 1.82) is 0 Å². The number of carbonyl (C=O) groups excluding carboxylic acids is 2. The second kappa shape index (κ2) is 7.74. The number of Topliss-reactive ketones (excluding diaryl/α,β-unsaturated/α-hetero) is 1. The zero-order valence-electron chi connectivity index (χ0n) is 17.0. The lowest BCUT2D eigenvalue weighted by Gasteiger charge is -2.27. The van der Waals surface area contributed by atoms with Gasteiger partial charge in [-0.15, -0.1) is 0 Å². The molecule has 2 aliphatic heterocycles. The molecule has 30 heavy (non-hydrogen) atoms. The number of benzene rings is 2. The van der Waals surface area contributed by atoms with Gasteiger partial charge < -0.3 is 24.2 Å². The Kier molecular flexibility index (Phi) is 5.11. The number of rotatable bonds is 6. The Hall–Kier alpha value is -3.48. The number of hydrogen-bond acceptors (Lipinski definition) is 6. The molecular formula is C23H23NO6. The smallest absolute Gasteiger partial charge is 0.290 e. The van der Waals surface area contributed by atoms with Gasteiger partial charge in [0, 0.05) is 12.5 Å². The van der Waals surface area contributed by atoms with Crippen LogP contribution < -0.4 is 14.2 Å². The van der Waals surface area contributed by atoms with Crippen LogP contribution in [0.4, 0.5) is 0 Å². The molecule has 2 heterocycles. The van der Waals surface area contributed by atoms with Crippen molar-refractivity contribution < 1.29 is 28.9 Å². The highest BCUT2D eigenvalue weighted by Crippen LogP contribution is 2.41. The van der Waals surface area contributed by atoms with E-state index in [0.717, 1.165) is 5.56 Å². The number of methoxy groups -OCH3 is 1. The van der Waals surface area contributed by atoms with E-state index in [1.54, 1.807) is 51.3 Å². The highest BCUT2D eigenvalue weighted by molar-refractivity contribution is 6.09. The van der Waals surface area contributed by atoms with Gasteiger partial charge in [-0.25, -0.2) is 0 Å². The van der Waals surface area contributed by atoms with Crippen LogP contribution in [-0.2, 0) is 16.1 Å². The minimum atomic E-state index is -0.715. The van der Waals surface area contributed by atoms with Gasteiger partial charge in [-0.05, 0) is 35.4 Å². The highest BCUT2D eigenvalue weighted by Gasteiger charge is 2.44. The molecule has 0 fully saturated rings. The molecule has 0 aromatic heterocycles. The van der Waals surface area contributed by atoms with Gasteiger partial charge in [0.25, 0.3) is 5.91 Å². The van der Waals surface area contributed by atoms with E-state index in [4.69, 9.17) is 14.2 Å². The lowest BCUT2D eigenvalue weighted by molar-refractivity contribution is -0.130. The largest absolute Gasteiger partial charge is 0.503 e. The number of ketones is 1. The summed E-state index contributed by atoms with van der Waals surface area (Å²) in [6, 6.07) is 11.9. The Labute approximate surface area is 174 Å². The number of carbonyl (C=O) groups is 2. The molecule has 0 radical (unpaired) electrons. The van der Waals surface area contributed by atoms with E-state index in [1.807, 2.05) is 12.1 Å². The standard InChI is InChI=1S/C23H23NO6/c1-13(2)21(25)19-20(15-5-4-6-16(10-15)28-3)24(23(27)22(19)26)11-14-7-8-17-18(9-14)30-12-29-17/h4-10,13,20,26H,11-12H2,1-3H3. The number of aliphatic hydroxyl groups excluding tert-OH is 1. The zero-order valence-corrected chi connectivity index (χ0v) is 17.0. The molecule has 1 unspecified atom stereocenters. The molecule has 2 aromatic carbocycles. The molecule has 2 aromatic rings. The Morgan fingerprint density at radius 1 is 1.20 bits per heavy atom. The first-order chi connectivity index (χ1) is 14.4. The number of nitrogens with zero attached hydrogens (tertiary/aromatic N) is 1. The normalized spacial score (nSPS) is 17.8. The van der Waals surface area contributed by atoms with Gasteiger partial charge in [-0.1, -0.05) is 32.0 Å². The van der Waals surface area contributed by atoms with Gasteiger partial charge in [0.15, 0.2) is 23.0 Å².